The monoisotopic (exact) mass is 244 g/mol. The molecule has 2 amide bonds. The largest absolute Gasteiger partial charge is 0.480 e. The second-order valence-electron chi connectivity index (χ2n) is 3.18. The number of aromatic amines is 1. The summed E-state index contributed by atoms with van der Waals surface area (Å²) >= 11 is 0. The molecule has 0 saturated carbocycles. The van der Waals surface area contributed by atoms with Gasteiger partial charge in [0.1, 0.15) is 0 Å². The fourth-order valence-corrected chi connectivity index (χ4v) is 1.000. The second kappa shape index (κ2) is 5.75. The summed E-state index contributed by atoms with van der Waals surface area (Å²) in [4.78, 5) is 21.9. The van der Waals surface area contributed by atoms with E-state index >= 15 is 0 Å². The Hall–Kier alpha value is -2.23. The van der Waals surface area contributed by atoms with Crippen molar-refractivity contribution in [2.75, 3.05) is 6.61 Å². The normalized spacial score (nSPS) is 13.8. The van der Waals surface area contributed by atoms with E-state index in [9.17, 15) is 9.59 Å². The Morgan fingerprint density at radius 3 is 2.65 bits per heavy atom. The second-order valence-corrected chi connectivity index (χ2v) is 3.18. The number of amides is 2. The van der Waals surface area contributed by atoms with Crippen molar-refractivity contribution in [1.82, 2.24) is 31.3 Å². The number of H-pyrrole nitrogens is 1. The summed E-state index contributed by atoms with van der Waals surface area (Å²) in [6.07, 6.45) is 0. The number of carbonyl (C=O) groups is 2. The number of aliphatic carboxylic acids is 1. The van der Waals surface area contributed by atoms with Gasteiger partial charge >= 0.3 is 12.0 Å². The van der Waals surface area contributed by atoms with E-state index in [1.54, 1.807) is 6.92 Å². The first-order valence-corrected chi connectivity index (χ1v) is 4.68. The van der Waals surface area contributed by atoms with E-state index in [4.69, 9.17) is 10.2 Å². The molecule has 17 heavy (non-hydrogen) atoms. The smallest absolute Gasteiger partial charge is 0.328 e. The van der Waals surface area contributed by atoms with E-state index in [-0.39, 0.29) is 5.82 Å². The predicted octanol–water partition coefficient (Wildman–Crippen LogP) is -1.99. The summed E-state index contributed by atoms with van der Waals surface area (Å²) in [6.45, 7) is 0.901. The number of nitrogens with one attached hydrogen (secondary N) is 3. The third kappa shape index (κ3) is 3.68. The molecule has 0 radical (unpaired) electrons. The number of carboxylic acids is 1. The number of nitrogens with zero attached hydrogens (tertiary/aromatic N) is 3. The zero-order chi connectivity index (χ0) is 12.8. The predicted molar refractivity (Wildman–Crippen MR) is 52.8 cm³/mol. The molecule has 5 N–H and O–H groups in total. The molecule has 0 aliphatic heterocycles. The number of carbonyl (C=O) groups excluding carboxylic acids is 1. The number of aliphatic hydroxyl groups is 1. The van der Waals surface area contributed by atoms with Crippen LogP contribution < -0.4 is 10.6 Å². The maximum Gasteiger partial charge on any atom is 0.328 e. The zero-order valence-electron chi connectivity index (χ0n) is 8.91. The molecule has 1 aromatic rings. The highest BCUT2D eigenvalue weighted by molar-refractivity contribution is 5.82. The standard InChI is InChI=1S/C7H12N6O4/c1-3(5-10-12-13-11-5)8-7(17)9-4(2-14)6(15)16/h3-4,14H,2H2,1H3,(H,15,16)(H2,8,9,17)(H,10,11,12,13)/t3?,4-/m0/s1. The van der Waals surface area contributed by atoms with Gasteiger partial charge in [0.25, 0.3) is 0 Å². The van der Waals surface area contributed by atoms with Crippen molar-refractivity contribution in [2.24, 2.45) is 0 Å². The molecule has 0 aliphatic carbocycles. The van der Waals surface area contributed by atoms with Gasteiger partial charge in [-0.3, -0.25) is 0 Å². The SMILES string of the molecule is CC(NC(=O)N[C@@H](CO)C(=O)O)c1nn[nH]n1. The van der Waals surface area contributed by atoms with Crippen LogP contribution in [0.2, 0.25) is 0 Å². The lowest BCUT2D eigenvalue weighted by atomic mass is 10.3. The van der Waals surface area contributed by atoms with Crippen molar-refractivity contribution in [1.29, 1.82) is 0 Å². The summed E-state index contributed by atoms with van der Waals surface area (Å²) in [5.74, 6) is -1.06. The van der Waals surface area contributed by atoms with Crippen molar-refractivity contribution in [3.63, 3.8) is 0 Å². The molecule has 2 atom stereocenters. The molecule has 0 aliphatic rings. The Morgan fingerprint density at radius 1 is 1.47 bits per heavy atom. The quantitative estimate of drug-likeness (QED) is 0.401. The maximum absolute atomic E-state index is 11.3. The molecule has 94 valence electrons. The van der Waals surface area contributed by atoms with Crippen molar-refractivity contribution < 1.29 is 19.8 Å². The molecular formula is C7H12N6O4. The van der Waals surface area contributed by atoms with Crippen LogP contribution in [-0.2, 0) is 4.79 Å². The van der Waals surface area contributed by atoms with Gasteiger partial charge in [0, 0.05) is 0 Å². The number of rotatable bonds is 5. The van der Waals surface area contributed by atoms with Gasteiger partial charge in [0.2, 0.25) is 0 Å². The lowest BCUT2D eigenvalue weighted by Crippen LogP contribution is -2.48. The van der Waals surface area contributed by atoms with E-state index in [1.807, 2.05) is 0 Å². The molecule has 1 aromatic heterocycles. The fraction of sp³-hybridized carbons (Fsp3) is 0.571. The highest BCUT2D eigenvalue weighted by Crippen LogP contribution is 2.02. The number of hydrogen-bond donors (Lipinski definition) is 5. The lowest BCUT2D eigenvalue weighted by molar-refractivity contribution is -0.140. The van der Waals surface area contributed by atoms with Crippen molar-refractivity contribution in [3.8, 4) is 0 Å². The van der Waals surface area contributed by atoms with Gasteiger partial charge in [-0.15, -0.1) is 10.2 Å². The van der Waals surface area contributed by atoms with E-state index in [1.165, 1.54) is 0 Å². The fourth-order valence-electron chi connectivity index (χ4n) is 1.000. The van der Waals surface area contributed by atoms with E-state index in [0.29, 0.717) is 0 Å². The Kier molecular flexibility index (Phi) is 4.34. The molecule has 0 saturated heterocycles. The Balaban J connectivity index is 2.47. The van der Waals surface area contributed by atoms with Crippen LogP contribution in [0.3, 0.4) is 0 Å². The van der Waals surface area contributed by atoms with Gasteiger partial charge in [0.05, 0.1) is 12.6 Å². The van der Waals surface area contributed by atoms with Gasteiger partial charge in [-0.1, -0.05) is 5.21 Å². The van der Waals surface area contributed by atoms with Crippen LogP contribution in [0.25, 0.3) is 0 Å². The lowest BCUT2D eigenvalue weighted by Gasteiger charge is -2.14. The summed E-state index contributed by atoms with van der Waals surface area (Å²) in [6, 6.07) is -2.64. The van der Waals surface area contributed by atoms with Crippen LogP contribution in [0.5, 0.6) is 0 Å². The van der Waals surface area contributed by atoms with Crippen molar-refractivity contribution in [3.05, 3.63) is 5.82 Å². The highest BCUT2D eigenvalue weighted by Gasteiger charge is 2.20. The maximum atomic E-state index is 11.3. The highest BCUT2D eigenvalue weighted by atomic mass is 16.4. The van der Waals surface area contributed by atoms with E-state index in [2.05, 4.69) is 31.3 Å². The molecule has 0 aromatic carbocycles. The van der Waals surface area contributed by atoms with Crippen LogP contribution >= 0.6 is 0 Å². The summed E-state index contributed by atoms with van der Waals surface area (Å²) in [5.41, 5.74) is 0. The minimum Gasteiger partial charge on any atom is -0.480 e. The summed E-state index contributed by atoms with van der Waals surface area (Å²) in [5, 5.41) is 34.6. The van der Waals surface area contributed by atoms with Gasteiger partial charge in [-0.2, -0.15) is 5.21 Å². The number of aliphatic hydroxyl groups excluding tert-OH is 1. The molecule has 1 unspecified atom stereocenters. The number of hydrogen-bond acceptors (Lipinski definition) is 6. The van der Waals surface area contributed by atoms with Crippen molar-refractivity contribution >= 4 is 12.0 Å². The first-order valence-electron chi connectivity index (χ1n) is 4.68. The third-order valence-corrected chi connectivity index (χ3v) is 1.88. The first kappa shape index (κ1) is 12.8. The van der Waals surface area contributed by atoms with Crippen LogP contribution in [0.1, 0.15) is 18.8 Å². The van der Waals surface area contributed by atoms with Crippen LogP contribution in [0.4, 0.5) is 4.79 Å². The van der Waals surface area contributed by atoms with Gasteiger partial charge < -0.3 is 20.8 Å². The average Bonchev–Trinajstić information content (AvgIpc) is 2.78. The van der Waals surface area contributed by atoms with Gasteiger partial charge in [-0.25, -0.2) is 9.59 Å². The average molecular weight is 244 g/mol. The van der Waals surface area contributed by atoms with E-state index in [0.717, 1.165) is 0 Å². The minimum absolute atomic E-state index is 0.260. The molecule has 1 rings (SSSR count). The number of carboxylic acid groups (broad SMARTS) is 1. The molecule has 10 nitrogen and oxygen atoms in total. The van der Waals surface area contributed by atoms with Crippen LogP contribution in [0, 0.1) is 0 Å². The van der Waals surface area contributed by atoms with Crippen LogP contribution in [0.15, 0.2) is 0 Å². The van der Waals surface area contributed by atoms with Crippen molar-refractivity contribution in [2.45, 2.75) is 19.0 Å². The number of aromatic nitrogens is 4. The minimum atomic E-state index is -1.35. The Morgan fingerprint density at radius 2 is 2.18 bits per heavy atom. The third-order valence-electron chi connectivity index (χ3n) is 1.88. The van der Waals surface area contributed by atoms with Gasteiger partial charge in [-0.05, 0) is 6.92 Å². The van der Waals surface area contributed by atoms with Crippen LogP contribution in [-0.4, -0.2) is 55.5 Å². The zero-order valence-corrected chi connectivity index (χ0v) is 8.91. The van der Waals surface area contributed by atoms with Gasteiger partial charge in [0.15, 0.2) is 11.9 Å². The molecular weight excluding hydrogens is 232 g/mol. The Labute approximate surface area is 95.4 Å². The summed E-state index contributed by atoms with van der Waals surface area (Å²) < 4.78 is 0. The molecule has 0 fully saturated rings. The Bertz CT molecular complexity index is 380. The summed E-state index contributed by atoms with van der Waals surface area (Å²) in [7, 11) is 0. The number of urea groups is 1. The molecule has 10 heteroatoms. The van der Waals surface area contributed by atoms with E-state index < -0.39 is 30.7 Å². The topological polar surface area (TPSA) is 153 Å². The first-order chi connectivity index (χ1) is 8.04. The molecule has 0 bridgehead atoms. The number of tetrazole rings is 1. The molecule has 0 spiro atoms. The molecule has 1 heterocycles.